The quantitative estimate of drug-likeness (QED) is 0.294. The van der Waals surface area contributed by atoms with E-state index in [4.69, 9.17) is 9.47 Å². The van der Waals surface area contributed by atoms with Crippen LogP contribution in [0.25, 0.3) is 0 Å². The number of pyridine rings is 1. The summed E-state index contributed by atoms with van der Waals surface area (Å²) in [6.07, 6.45) is 4.01. The Hall–Kier alpha value is -3.68. The second-order valence-electron chi connectivity index (χ2n) is 8.02. The zero-order valence-corrected chi connectivity index (χ0v) is 20.4. The number of ether oxygens (including phenoxy) is 2. The predicted molar refractivity (Wildman–Crippen MR) is 136 cm³/mol. The maximum atomic E-state index is 13.5. The van der Waals surface area contributed by atoms with Crippen molar-refractivity contribution in [1.82, 2.24) is 9.29 Å². The van der Waals surface area contributed by atoms with Crippen molar-refractivity contribution in [3.63, 3.8) is 0 Å². The van der Waals surface area contributed by atoms with E-state index in [9.17, 15) is 8.42 Å². The van der Waals surface area contributed by atoms with Crippen LogP contribution in [0.5, 0.6) is 11.5 Å². The number of rotatable bonds is 11. The molecule has 0 aliphatic carbocycles. The van der Waals surface area contributed by atoms with Crippen molar-refractivity contribution in [3.05, 3.63) is 120 Å². The van der Waals surface area contributed by atoms with E-state index >= 15 is 0 Å². The van der Waals surface area contributed by atoms with Crippen molar-refractivity contribution >= 4 is 10.0 Å². The maximum absolute atomic E-state index is 13.5. The largest absolute Gasteiger partial charge is 0.493 e. The van der Waals surface area contributed by atoms with Gasteiger partial charge in [0.2, 0.25) is 10.0 Å². The highest BCUT2D eigenvalue weighted by Gasteiger charge is 2.25. The van der Waals surface area contributed by atoms with Crippen molar-refractivity contribution in [2.45, 2.75) is 24.5 Å². The molecule has 180 valence electrons. The van der Waals surface area contributed by atoms with Gasteiger partial charge in [0.1, 0.15) is 6.61 Å². The van der Waals surface area contributed by atoms with Crippen LogP contribution >= 0.6 is 0 Å². The Bertz CT molecular complexity index is 1320. The molecule has 0 unspecified atom stereocenters. The van der Waals surface area contributed by atoms with Crippen LogP contribution in [0.2, 0.25) is 0 Å². The second kappa shape index (κ2) is 11.6. The normalized spacial score (nSPS) is 11.4. The molecule has 4 rings (SSSR count). The molecule has 0 aliphatic rings. The standard InChI is InChI=1S/C28H28N2O4S/c1-33-28-19-25(14-15-27(28)34-22-24-9-4-2-5-10-24)21-30(18-16-23-11-8-17-29-20-23)35(31,32)26-12-6-3-7-13-26/h2-15,17,19-20H,16,18,21-22H2,1H3. The number of aromatic nitrogens is 1. The van der Waals surface area contributed by atoms with Crippen LogP contribution in [-0.2, 0) is 29.6 Å². The Morgan fingerprint density at radius 2 is 1.51 bits per heavy atom. The molecule has 0 bridgehead atoms. The minimum absolute atomic E-state index is 0.201. The number of methoxy groups -OCH3 is 1. The second-order valence-corrected chi connectivity index (χ2v) is 9.96. The zero-order valence-electron chi connectivity index (χ0n) is 19.6. The van der Waals surface area contributed by atoms with E-state index in [1.807, 2.05) is 60.7 Å². The van der Waals surface area contributed by atoms with Crippen LogP contribution in [0.3, 0.4) is 0 Å². The minimum Gasteiger partial charge on any atom is -0.493 e. The van der Waals surface area contributed by atoms with Crippen LogP contribution in [0.15, 0.2) is 108 Å². The Balaban J connectivity index is 1.55. The highest BCUT2D eigenvalue weighted by Crippen LogP contribution is 2.30. The molecule has 3 aromatic carbocycles. The van der Waals surface area contributed by atoms with Crippen molar-refractivity contribution in [2.75, 3.05) is 13.7 Å². The molecule has 0 saturated heterocycles. The van der Waals surface area contributed by atoms with Gasteiger partial charge < -0.3 is 9.47 Å². The first-order valence-corrected chi connectivity index (χ1v) is 12.8. The Kier molecular flexibility index (Phi) is 8.13. The van der Waals surface area contributed by atoms with E-state index in [-0.39, 0.29) is 11.4 Å². The summed E-state index contributed by atoms with van der Waals surface area (Å²) in [5.41, 5.74) is 2.83. The zero-order chi connectivity index (χ0) is 24.5. The van der Waals surface area contributed by atoms with E-state index in [0.29, 0.717) is 31.1 Å². The van der Waals surface area contributed by atoms with Gasteiger partial charge in [0.15, 0.2) is 11.5 Å². The number of nitrogens with zero attached hydrogens (tertiary/aromatic N) is 2. The number of benzene rings is 3. The van der Waals surface area contributed by atoms with Crippen molar-refractivity contribution in [1.29, 1.82) is 0 Å². The molecule has 0 N–H and O–H groups in total. The van der Waals surface area contributed by atoms with Gasteiger partial charge in [-0.2, -0.15) is 4.31 Å². The Labute approximate surface area is 206 Å². The van der Waals surface area contributed by atoms with Gasteiger partial charge in [-0.05, 0) is 53.4 Å². The third kappa shape index (κ3) is 6.47. The summed E-state index contributed by atoms with van der Waals surface area (Å²) in [7, 11) is -2.13. The highest BCUT2D eigenvalue weighted by atomic mass is 32.2. The summed E-state index contributed by atoms with van der Waals surface area (Å²) >= 11 is 0. The maximum Gasteiger partial charge on any atom is 0.243 e. The summed E-state index contributed by atoms with van der Waals surface area (Å²) < 4.78 is 40.0. The fourth-order valence-electron chi connectivity index (χ4n) is 3.69. The first-order valence-electron chi connectivity index (χ1n) is 11.3. The van der Waals surface area contributed by atoms with Crippen LogP contribution in [-0.4, -0.2) is 31.4 Å². The van der Waals surface area contributed by atoms with Gasteiger partial charge in [0, 0.05) is 25.5 Å². The molecule has 1 aromatic heterocycles. The lowest BCUT2D eigenvalue weighted by Crippen LogP contribution is -2.32. The summed E-state index contributed by atoms with van der Waals surface area (Å²) in [6.45, 7) is 0.931. The smallest absolute Gasteiger partial charge is 0.243 e. The summed E-state index contributed by atoms with van der Waals surface area (Å²) in [5.74, 6) is 1.16. The predicted octanol–water partition coefficient (Wildman–Crippen LogP) is 5.10. The van der Waals surface area contributed by atoms with Crippen molar-refractivity contribution in [3.8, 4) is 11.5 Å². The fourth-order valence-corrected chi connectivity index (χ4v) is 5.14. The molecule has 0 spiro atoms. The van der Waals surface area contributed by atoms with Crippen LogP contribution in [0.1, 0.15) is 16.7 Å². The van der Waals surface area contributed by atoms with Crippen LogP contribution in [0, 0.1) is 0 Å². The lowest BCUT2D eigenvalue weighted by Gasteiger charge is -2.23. The Morgan fingerprint density at radius 3 is 2.20 bits per heavy atom. The minimum atomic E-state index is -3.70. The average Bonchev–Trinajstić information content (AvgIpc) is 2.91. The van der Waals surface area contributed by atoms with E-state index < -0.39 is 10.0 Å². The molecular formula is C28H28N2O4S. The van der Waals surface area contributed by atoms with E-state index in [0.717, 1.165) is 16.7 Å². The molecule has 1 heterocycles. The molecule has 0 radical (unpaired) electrons. The molecule has 35 heavy (non-hydrogen) atoms. The molecule has 0 atom stereocenters. The third-order valence-electron chi connectivity index (χ3n) is 5.58. The van der Waals surface area contributed by atoms with Gasteiger partial charge >= 0.3 is 0 Å². The molecule has 6 nitrogen and oxygen atoms in total. The third-order valence-corrected chi connectivity index (χ3v) is 7.44. The molecular weight excluding hydrogens is 460 g/mol. The van der Waals surface area contributed by atoms with Gasteiger partial charge in [-0.25, -0.2) is 8.42 Å². The van der Waals surface area contributed by atoms with Crippen molar-refractivity contribution < 1.29 is 17.9 Å². The van der Waals surface area contributed by atoms with Crippen LogP contribution < -0.4 is 9.47 Å². The molecule has 0 aliphatic heterocycles. The number of hydrogen-bond donors (Lipinski definition) is 0. The SMILES string of the molecule is COc1cc(CN(CCc2cccnc2)S(=O)(=O)c2ccccc2)ccc1OCc1ccccc1. The summed E-state index contributed by atoms with van der Waals surface area (Å²) in [4.78, 5) is 4.41. The first kappa shape index (κ1) is 24.4. The van der Waals surface area contributed by atoms with Gasteiger partial charge in [-0.3, -0.25) is 4.98 Å². The molecule has 0 fully saturated rings. The molecule has 4 aromatic rings. The van der Waals surface area contributed by atoms with E-state index in [1.54, 1.807) is 49.8 Å². The van der Waals surface area contributed by atoms with E-state index in [2.05, 4.69) is 4.98 Å². The Morgan fingerprint density at radius 1 is 0.800 bits per heavy atom. The number of hydrogen-bond acceptors (Lipinski definition) is 5. The van der Waals surface area contributed by atoms with E-state index in [1.165, 1.54) is 4.31 Å². The van der Waals surface area contributed by atoms with Gasteiger partial charge in [-0.1, -0.05) is 60.7 Å². The molecule has 7 heteroatoms. The molecule has 0 amide bonds. The summed E-state index contributed by atoms with van der Waals surface area (Å²) in [5, 5.41) is 0. The monoisotopic (exact) mass is 488 g/mol. The highest BCUT2D eigenvalue weighted by molar-refractivity contribution is 7.89. The van der Waals surface area contributed by atoms with Crippen molar-refractivity contribution in [2.24, 2.45) is 0 Å². The molecule has 0 saturated carbocycles. The van der Waals surface area contributed by atoms with Gasteiger partial charge in [0.25, 0.3) is 0 Å². The lowest BCUT2D eigenvalue weighted by molar-refractivity contribution is 0.284. The summed E-state index contributed by atoms with van der Waals surface area (Å²) in [6, 6.07) is 27.7. The fraction of sp³-hybridized carbons (Fsp3) is 0.179. The van der Waals surface area contributed by atoms with Gasteiger partial charge in [-0.15, -0.1) is 0 Å². The first-order chi connectivity index (χ1) is 17.1. The van der Waals surface area contributed by atoms with Crippen LogP contribution in [0.4, 0.5) is 0 Å². The average molecular weight is 489 g/mol. The van der Waals surface area contributed by atoms with Gasteiger partial charge in [0.05, 0.1) is 12.0 Å². The number of sulfonamides is 1. The lowest BCUT2D eigenvalue weighted by atomic mass is 10.2. The topological polar surface area (TPSA) is 68.7 Å².